The molecule has 2 fully saturated rings. The minimum Gasteiger partial charge on any atom is -0.368 e. The van der Waals surface area contributed by atoms with Gasteiger partial charge in [0, 0.05) is 11.8 Å². The van der Waals surface area contributed by atoms with Gasteiger partial charge in [-0.15, -0.1) is 0 Å². The van der Waals surface area contributed by atoms with Crippen molar-refractivity contribution < 1.29 is 0 Å². The third-order valence-corrected chi connectivity index (χ3v) is 4.01. The molecule has 0 aromatic carbocycles. The van der Waals surface area contributed by atoms with Crippen LogP contribution in [0.2, 0.25) is 0 Å². The van der Waals surface area contributed by atoms with Crippen molar-refractivity contribution in [1.29, 1.82) is 0 Å². The first-order chi connectivity index (χ1) is 8.22. The van der Waals surface area contributed by atoms with Gasteiger partial charge in [0.2, 0.25) is 5.95 Å². The van der Waals surface area contributed by atoms with Crippen LogP contribution >= 0.6 is 0 Å². The van der Waals surface area contributed by atoms with E-state index in [9.17, 15) is 0 Å². The Morgan fingerprint density at radius 1 is 0.824 bits per heavy atom. The molecule has 0 spiro atoms. The minimum atomic E-state index is 0.413. The summed E-state index contributed by atoms with van der Waals surface area (Å²) < 4.78 is 0. The molecule has 0 radical (unpaired) electrons. The van der Waals surface area contributed by atoms with Crippen molar-refractivity contribution in [2.24, 2.45) is 5.92 Å². The van der Waals surface area contributed by atoms with E-state index in [1.54, 1.807) is 0 Å². The Kier molecular flexibility index (Phi) is 2.73. The predicted octanol–water partition coefficient (Wildman–Crippen LogP) is 2.62. The summed E-state index contributed by atoms with van der Waals surface area (Å²) in [7, 11) is 0. The maximum Gasteiger partial charge on any atom is 0.223 e. The van der Waals surface area contributed by atoms with E-state index in [2.05, 4.69) is 21.9 Å². The van der Waals surface area contributed by atoms with Crippen molar-refractivity contribution in [3.8, 4) is 0 Å². The van der Waals surface area contributed by atoms with E-state index in [1.165, 1.54) is 38.5 Å². The second-order valence-corrected chi connectivity index (χ2v) is 5.64. The summed E-state index contributed by atoms with van der Waals surface area (Å²) in [5.74, 6) is 4.22. The molecule has 0 bridgehead atoms. The van der Waals surface area contributed by atoms with Crippen molar-refractivity contribution in [2.45, 2.75) is 57.3 Å². The van der Waals surface area contributed by atoms with Crippen LogP contribution in [0.3, 0.4) is 0 Å². The quantitative estimate of drug-likeness (QED) is 0.851. The van der Waals surface area contributed by atoms with Gasteiger partial charge < -0.3 is 5.73 Å². The van der Waals surface area contributed by atoms with Gasteiger partial charge in [-0.25, -0.2) is 4.98 Å². The lowest BCUT2D eigenvalue weighted by molar-refractivity contribution is 0.339. The maximum absolute atomic E-state index is 5.80. The summed E-state index contributed by atoms with van der Waals surface area (Å²) in [5.41, 5.74) is 5.80. The first-order valence-electron chi connectivity index (χ1n) is 6.73. The Labute approximate surface area is 102 Å². The first-order valence-corrected chi connectivity index (χ1v) is 6.73. The molecule has 0 amide bonds. The van der Waals surface area contributed by atoms with Gasteiger partial charge in [-0.3, -0.25) is 0 Å². The largest absolute Gasteiger partial charge is 0.368 e. The van der Waals surface area contributed by atoms with Crippen LogP contribution in [0.1, 0.15) is 68.9 Å². The second kappa shape index (κ2) is 4.24. The summed E-state index contributed by atoms with van der Waals surface area (Å²) in [4.78, 5) is 13.3. The zero-order valence-corrected chi connectivity index (χ0v) is 10.4. The highest BCUT2D eigenvalue weighted by Gasteiger charge is 2.29. The van der Waals surface area contributed by atoms with Crippen LogP contribution < -0.4 is 5.73 Å². The van der Waals surface area contributed by atoms with Crippen LogP contribution in [0, 0.1) is 5.92 Å². The Hall–Kier alpha value is -1.19. The lowest BCUT2D eigenvalue weighted by Gasteiger charge is -2.25. The van der Waals surface area contributed by atoms with E-state index in [0.717, 1.165) is 17.6 Å². The van der Waals surface area contributed by atoms with Crippen LogP contribution in [-0.2, 0) is 0 Å². The molecular formula is C13H20N4. The fourth-order valence-corrected chi connectivity index (χ4v) is 2.65. The van der Waals surface area contributed by atoms with Gasteiger partial charge in [-0.1, -0.05) is 19.8 Å². The van der Waals surface area contributed by atoms with E-state index < -0.39 is 0 Å². The Bertz CT molecular complexity index is 406. The Morgan fingerprint density at radius 3 is 1.76 bits per heavy atom. The van der Waals surface area contributed by atoms with Gasteiger partial charge in [0.25, 0.3) is 0 Å². The predicted molar refractivity (Wildman–Crippen MR) is 66.6 cm³/mol. The standard InChI is InChI=1S/C13H20N4/c1-8-2-4-9(5-3-8)11-15-12(10-6-7-10)17-13(14)16-11/h8-10H,2-7H2,1H3,(H2,14,15,16,17). The summed E-state index contributed by atoms with van der Waals surface area (Å²) in [6.07, 6.45) is 7.41. The van der Waals surface area contributed by atoms with Crippen LogP contribution in [0.5, 0.6) is 0 Å². The number of rotatable bonds is 2. The summed E-state index contributed by atoms with van der Waals surface area (Å²) in [6, 6.07) is 0. The highest BCUT2D eigenvalue weighted by atomic mass is 15.1. The SMILES string of the molecule is CC1CCC(c2nc(N)nc(C3CC3)n2)CC1. The topological polar surface area (TPSA) is 64.7 Å². The number of hydrogen-bond donors (Lipinski definition) is 1. The highest BCUT2D eigenvalue weighted by molar-refractivity contribution is 5.21. The molecule has 2 N–H and O–H groups in total. The van der Waals surface area contributed by atoms with Gasteiger partial charge >= 0.3 is 0 Å². The first kappa shape index (κ1) is 10.9. The third-order valence-electron chi connectivity index (χ3n) is 4.01. The number of hydrogen-bond acceptors (Lipinski definition) is 4. The number of anilines is 1. The zero-order chi connectivity index (χ0) is 11.8. The molecule has 2 saturated carbocycles. The van der Waals surface area contributed by atoms with Gasteiger partial charge in [0.05, 0.1) is 0 Å². The Balaban J connectivity index is 1.81. The molecule has 17 heavy (non-hydrogen) atoms. The molecule has 0 aliphatic heterocycles. The fourth-order valence-electron chi connectivity index (χ4n) is 2.65. The van der Waals surface area contributed by atoms with Crippen molar-refractivity contribution >= 4 is 5.95 Å². The fraction of sp³-hybridized carbons (Fsp3) is 0.769. The molecule has 1 heterocycles. The van der Waals surface area contributed by atoms with E-state index in [1.807, 2.05) is 0 Å². The molecule has 0 saturated heterocycles. The summed E-state index contributed by atoms with van der Waals surface area (Å²) in [6.45, 7) is 2.33. The lowest BCUT2D eigenvalue weighted by atomic mass is 9.82. The van der Waals surface area contributed by atoms with Gasteiger partial charge in [-0.2, -0.15) is 9.97 Å². The molecule has 1 aromatic rings. The number of nitrogens with zero attached hydrogens (tertiary/aromatic N) is 3. The lowest BCUT2D eigenvalue weighted by Crippen LogP contribution is -2.16. The molecule has 2 aliphatic carbocycles. The zero-order valence-electron chi connectivity index (χ0n) is 10.4. The summed E-state index contributed by atoms with van der Waals surface area (Å²) >= 11 is 0. The molecule has 2 aliphatic rings. The molecule has 92 valence electrons. The minimum absolute atomic E-state index is 0.413. The summed E-state index contributed by atoms with van der Waals surface area (Å²) in [5, 5.41) is 0. The molecule has 0 atom stereocenters. The van der Waals surface area contributed by atoms with Crippen LogP contribution in [0.15, 0.2) is 0 Å². The van der Waals surface area contributed by atoms with Crippen molar-refractivity contribution in [1.82, 2.24) is 15.0 Å². The van der Waals surface area contributed by atoms with Crippen LogP contribution in [0.4, 0.5) is 5.95 Å². The molecule has 0 unspecified atom stereocenters. The molecule has 3 rings (SSSR count). The normalized spacial score (nSPS) is 29.2. The van der Waals surface area contributed by atoms with E-state index in [0.29, 0.717) is 17.8 Å². The Morgan fingerprint density at radius 2 is 1.29 bits per heavy atom. The highest BCUT2D eigenvalue weighted by Crippen LogP contribution is 2.39. The van der Waals surface area contributed by atoms with Crippen molar-refractivity contribution in [3.63, 3.8) is 0 Å². The average Bonchev–Trinajstić information content (AvgIpc) is 3.13. The average molecular weight is 232 g/mol. The van der Waals surface area contributed by atoms with Gasteiger partial charge in [0.1, 0.15) is 11.6 Å². The third kappa shape index (κ3) is 2.40. The second-order valence-electron chi connectivity index (χ2n) is 5.64. The maximum atomic E-state index is 5.80. The molecule has 4 heteroatoms. The molecule has 4 nitrogen and oxygen atoms in total. The monoisotopic (exact) mass is 232 g/mol. The number of aromatic nitrogens is 3. The van der Waals surface area contributed by atoms with E-state index in [4.69, 9.17) is 5.73 Å². The number of nitrogens with two attached hydrogens (primary N) is 1. The smallest absolute Gasteiger partial charge is 0.223 e. The van der Waals surface area contributed by atoms with Crippen molar-refractivity contribution in [2.75, 3.05) is 5.73 Å². The van der Waals surface area contributed by atoms with E-state index in [-0.39, 0.29) is 0 Å². The molecule has 1 aromatic heterocycles. The van der Waals surface area contributed by atoms with Crippen LogP contribution in [-0.4, -0.2) is 15.0 Å². The van der Waals surface area contributed by atoms with Gasteiger partial charge in [-0.05, 0) is 31.6 Å². The number of nitrogen functional groups attached to an aromatic ring is 1. The molecular weight excluding hydrogens is 212 g/mol. The van der Waals surface area contributed by atoms with Crippen LogP contribution in [0.25, 0.3) is 0 Å². The van der Waals surface area contributed by atoms with E-state index >= 15 is 0 Å². The van der Waals surface area contributed by atoms with Gasteiger partial charge in [0.15, 0.2) is 0 Å². The van der Waals surface area contributed by atoms with Crippen molar-refractivity contribution in [3.05, 3.63) is 11.6 Å².